The maximum absolute atomic E-state index is 11.8. The number of hydrogen-bond donors (Lipinski definition) is 3. The molecule has 12 heteroatoms. The van der Waals surface area contributed by atoms with Gasteiger partial charge in [0.2, 0.25) is 5.88 Å². The van der Waals surface area contributed by atoms with Gasteiger partial charge in [0.25, 0.3) is 0 Å². The van der Waals surface area contributed by atoms with Crippen LogP contribution < -0.4 is 9.57 Å². The predicted molar refractivity (Wildman–Crippen MR) is 97.7 cm³/mol. The van der Waals surface area contributed by atoms with Crippen LogP contribution in [0.4, 0.5) is 0 Å². The third kappa shape index (κ3) is 3.54. The van der Waals surface area contributed by atoms with Crippen LogP contribution in [-0.2, 0) is 17.5 Å². The average molecular weight is 401 g/mol. The molecule has 0 aliphatic heterocycles. The number of ether oxygens (including phenoxy) is 1. The fourth-order valence-electron chi connectivity index (χ4n) is 2.77. The second-order valence-corrected chi connectivity index (χ2v) is 6.92. The Hall–Kier alpha value is -3.03. The molecule has 0 bridgehead atoms. The highest BCUT2D eigenvalue weighted by Gasteiger charge is 2.12. The second kappa shape index (κ2) is 7.53. The number of methoxy groups -OCH3 is 1. The lowest BCUT2D eigenvalue weighted by Crippen LogP contribution is -2.33. The molecule has 0 saturated heterocycles. The molecule has 28 heavy (non-hydrogen) atoms. The molecule has 3 N–H and O–H groups in total. The van der Waals surface area contributed by atoms with Gasteiger partial charge in [-0.1, -0.05) is 0 Å². The molecule has 1 unspecified atom stereocenters. The highest BCUT2D eigenvalue weighted by Crippen LogP contribution is 2.24. The number of fused-ring (bicyclic) bond motifs is 3. The summed E-state index contributed by atoms with van der Waals surface area (Å²) in [7, 11) is -0.290. The van der Waals surface area contributed by atoms with Gasteiger partial charge in [0, 0.05) is 23.0 Å². The molecule has 11 nitrogen and oxygen atoms in total. The van der Waals surface area contributed by atoms with Crippen molar-refractivity contribution in [3.63, 3.8) is 0 Å². The van der Waals surface area contributed by atoms with Crippen molar-refractivity contribution in [2.24, 2.45) is 0 Å². The van der Waals surface area contributed by atoms with Crippen molar-refractivity contribution >= 4 is 33.1 Å². The molecule has 4 aromatic heterocycles. The van der Waals surface area contributed by atoms with Crippen LogP contribution in [0, 0.1) is 0 Å². The van der Waals surface area contributed by atoms with Crippen LogP contribution in [0.5, 0.6) is 5.88 Å². The monoisotopic (exact) mass is 401 g/mol. The van der Waals surface area contributed by atoms with Crippen molar-refractivity contribution in [2.45, 2.75) is 11.4 Å². The molecule has 0 amide bonds. The molecule has 4 rings (SSSR count). The van der Waals surface area contributed by atoms with E-state index < -0.39 is 11.0 Å². The van der Waals surface area contributed by atoms with Gasteiger partial charge in [-0.25, -0.2) is 14.2 Å². The Morgan fingerprint density at radius 2 is 2.04 bits per heavy atom. The highest BCUT2D eigenvalue weighted by atomic mass is 32.2. The summed E-state index contributed by atoms with van der Waals surface area (Å²) in [6.07, 6.45) is 4.75. The van der Waals surface area contributed by atoms with E-state index in [0.29, 0.717) is 28.7 Å². The largest absolute Gasteiger partial charge is 0.481 e. The summed E-state index contributed by atoms with van der Waals surface area (Å²) in [6.45, 7) is 0.425. The summed E-state index contributed by atoms with van der Waals surface area (Å²) in [5, 5.41) is 17.8. The van der Waals surface area contributed by atoms with Crippen molar-refractivity contribution in [1.82, 2.24) is 34.7 Å². The first-order valence-electron chi connectivity index (χ1n) is 8.00. The third-order valence-electron chi connectivity index (χ3n) is 4.00. The molecule has 0 radical (unpaired) electrons. The summed E-state index contributed by atoms with van der Waals surface area (Å²) in [4.78, 5) is 19.5. The fraction of sp³-hybridized carbons (Fsp3) is 0.125. The SMILES string of the molecule is COc1ccc2c(ncc3ncn(Cc4ccc(S(=O)NN(O)O)cn4)c32)n1. The molecule has 0 aliphatic rings. The van der Waals surface area contributed by atoms with Gasteiger partial charge in [0.1, 0.15) is 16.5 Å². The zero-order chi connectivity index (χ0) is 19.7. The van der Waals surface area contributed by atoms with Crippen molar-refractivity contribution in [3.8, 4) is 5.88 Å². The maximum atomic E-state index is 11.8. The van der Waals surface area contributed by atoms with Gasteiger partial charge in [0.15, 0.2) is 5.65 Å². The first-order chi connectivity index (χ1) is 13.5. The normalized spacial score (nSPS) is 12.7. The Morgan fingerprint density at radius 1 is 1.18 bits per heavy atom. The van der Waals surface area contributed by atoms with Gasteiger partial charge >= 0.3 is 0 Å². The fourth-order valence-corrected chi connectivity index (χ4v) is 3.36. The van der Waals surface area contributed by atoms with Crippen molar-refractivity contribution < 1.29 is 19.4 Å². The molecule has 0 spiro atoms. The van der Waals surface area contributed by atoms with E-state index in [0.717, 1.165) is 16.4 Å². The molecular weight excluding hydrogens is 386 g/mol. The quantitative estimate of drug-likeness (QED) is 0.404. The van der Waals surface area contributed by atoms with E-state index in [-0.39, 0.29) is 5.34 Å². The summed E-state index contributed by atoms with van der Waals surface area (Å²) >= 11 is 0. The Balaban J connectivity index is 1.66. The number of hydrazine groups is 1. The first-order valence-corrected chi connectivity index (χ1v) is 9.15. The number of aromatic nitrogens is 5. The molecule has 4 heterocycles. The lowest BCUT2D eigenvalue weighted by molar-refractivity contribution is -0.325. The number of hydrogen-bond acceptors (Lipinski definition) is 9. The lowest BCUT2D eigenvalue weighted by Gasteiger charge is -2.09. The lowest BCUT2D eigenvalue weighted by atomic mass is 10.2. The van der Waals surface area contributed by atoms with E-state index in [2.05, 4.69) is 19.9 Å². The van der Waals surface area contributed by atoms with Crippen LogP contribution in [0.15, 0.2) is 47.9 Å². The van der Waals surface area contributed by atoms with E-state index in [1.165, 1.54) is 6.20 Å². The van der Waals surface area contributed by atoms with Crippen LogP contribution in [0.25, 0.3) is 22.1 Å². The molecule has 144 valence electrons. The molecule has 0 aromatic carbocycles. The van der Waals surface area contributed by atoms with E-state index in [9.17, 15) is 4.21 Å². The van der Waals surface area contributed by atoms with Crippen molar-refractivity contribution in [3.05, 3.63) is 48.7 Å². The third-order valence-corrected chi connectivity index (χ3v) is 5.00. The zero-order valence-corrected chi connectivity index (χ0v) is 15.4. The molecule has 0 saturated carbocycles. The standard InChI is InChI=1S/C16H15N7O4S/c1-27-14-5-4-12-15-13(7-18-16(12)20-14)19-9-22(15)8-10-2-3-11(6-17-10)28(26)21-23(24)25/h2-7,9,21,24-25H,8H2,1H3. The van der Waals surface area contributed by atoms with Gasteiger partial charge in [-0.2, -0.15) is 4.98 Å². The van der Waals surface area contributed by atoms with Gasteiger partial charge in [-0.15, -0.1) is 4.83 Å². The Morgan fingerprint density at radius 3 is 2.75 bits per heavy atom. The number of imidazole rings is 1. The summed E-state index contributed by atoms with van der Waals surface area (Å²) in [6, 6.07) is 6.93. The molecule has 0 fully saturated rings. The van der Waals surface area contributed by atoms with Crippen LogP contribution in [0.3, 0.4) is 0 Å². The highest BCUT2D eigenvalue weighted by molar-refractivity contribution is 7.83. The number of pyridine rings is 3. The zero-order valence-electron chi connectivity index (χ0n) is 14.6. The van der Waals surface area contributed by atoms with E-state index in [4.69, 9.17) is 15.2 Å². The minimum absolute atomic E-state index is 0.290. The first kappa shape index (κ1) is 18.3. The minimum atomic E-state index is -1.84. The summed E-state index contributed by atoms with van der Waals surface area (Å²) < 4.78 is 18.9. The topological polar surface area (TPSA) is 139 Å². The van der Waals surface area contributed by atoms with Crippen LogP contribution in [0.1, 0.15) is 5.69 Å². The molecular formula is C16H15N7O4S. The van der Waals surface area contributed by atoms with Gasteiger partial charge in [0.05, 0.1) is 42.3 Å². The van der Waals surface area contributed by atoms with Gasteiger partial charge in [-0.3, -0.25) is 15.4 Å². The van der Waals surface area contributed by atoms with Gasteiger partial charge < -0.3 is 9.30 Å². The number of nitrogens with zero attached hydrogens (tertiary/aromatic N) is 6. The van der Waals surface area contributed by atoms with Gasteiger partial charge in [-0.05, 0) is 18.2 Å². The smallest absolute Gasteiger partial charge is 0.215 e. The second-order valence-electron chi connectivity index (χ2n) is 5.72. The molecule has 0 aliphatic carbocycles. The summed E-state index contributed by atoms with van der Waals surface area (Å²) in [5.74, 6) is 0.480. The van der Waals surface area contributed by atoms with Crippen LogP contribution >= 0.6 is 0 Å². The number of rotatable bonds is 6. The Labute approximate surface area is 160 Å². The molecule has 4 aromatic rings. The van der Waals surface area contributed by atoms with Crippen LogP contribution in [0.2, 0.25) is 0 Å². The molecule has 1 atom stereocenters. The van der Waals surface area contributed by atoms with Crippen LogP contribution in [-0.4, -0.2) is 51.6 Å². The Kier molecular flexibility index (Phi) is 4.93. The van der Waals surface area contributed by atoms with Crippen molar-refractivity contribution in [2.75, 3.05) is 7.11 Å². The average Bonchev–Trinajstić information content (AvgIpc) is 3.10. The van der Waals surface area contributed by atoms with E-state index in [1.54, 1.807) is 37.8 Å². The van der Waals surface area contributed by atoms with E-state index in [1.807, 2.05) is 15.5 Å². The predicted octanol–water partition coefficient (Wildman–Crippen LogP) is 1.04. The Bertz CT molecular complexity index is 1160. The summed E-state index contributed by atoms with van der Waals surface area (Å²) in [5.41, 5.74) is 2.85. The minimum Gasteiger partial charge on any atom is -0.481 e. The van der Waals surface area contributed by atoms with E-state index >= 15 is 0 Å². The maximum Gasteiger partial charge on any atom is 0.215 e. The number of nitrogens with one attached hydrogen (secondary N) is 1. The van der Waals surface area contributed by atoms with Crippen molar-refractivity contribution in [1.29, 1.82) is 0 Å².